The topological polar surface area (TPSA) is 103 Å². The molecular weight excluding hydrogens is 894 g/mol. The van der Waals surface area contributed by atoms with Crippen molar-refractivity contribution >= 4 is 75.8 Å². The van der Waals surface area contributed by atoms with Gasteiger partial charge in [0.1, 0.15) is 36.4 Å². The molecule has 0 bridgehead atoms. The third-order valence-electron chi connectivity index (χ3n) is 11.5. The number of esters is 2. The minimum atomic E-state index is -0.991. The number of ether oxygens (including phenoxy) is 4. The highest BCUT2D eigenvalue weighted by Gasteiger charge is 2.33. The summed E-state index contributed by atoms with van der Waals surface area (Å²) in [5, 5.41) is 5.13. The van der Waals surface area contributed by atoms with Crippen LogP contribution in [0.25, 0.3) is 11.1 Å². The fourth-order valence-corrected chi connectivity index (χ4v) is 8.62. The Balaban J connectivity index is 0.000000198. The third-order valence-corrected chi connectivity index (χ3v) is 12.0. The quantitative estimate of drug-likeness (QED) is 0.0906. The number of hydrogen-bond donors (Lipinski definition) is 1. The lowest BCUT2D eigenvalue weighted by Gasteiger charge is -2.35. The second-order valence-electron chi connectivity index (χ2n) is 17.0. The van der Waals surface area contributed by atoms with Crippen molar-refractivity contribution < 1.29 is 33.3 Å². The lowest BCUT2D eigenvalue weighted by molar-refractivity contribution is -0.153. The van der Waals surface area contributed by atoms with Gasteiger partial charge in [-0.2, -0.15) is 0 Å². The van der Waals surface area contributed by atoms with Gasteiger partial charge in [-0.15, -0.1) is 23.2 Å². The number of benzene rings is 4. The van der Waals surface area contributed by atoms with Crippen molar-refractivity contribution in [3.8, 4) is 11.5 Å². The molecular formula is C51H58Cl4N2O7. The Hall–Kier alpha value is -4.35. The van der Waals surface area contributed by atoms with E-state index in [2.05, 4.69) is 57.4 Å². The molecule has 0 aromatic heterocycles. The van der Waals surface area contributed by atoms with Gasteiger partial charge in [0.25, 0.3) is 0 Å². The number of rotatable bonds is 5. The van der Waals surface area contributed by atoms with Crippen LogP contribution >= 0.6 is 46.4 Å². The Morgan fingerprint density at radius 1 is 0.672 bits per heavy atom. The fourth-order valence-electron chi connectivity index (χ4n) is 8.23. The summed E-state index contributed by atoms with van der Waals surface area (Å²) in [6.07, 6.45) is 4.67. The number of nitrogens with one attached hydrogen (secondary N) is 1. The van der Waals surface area contributed by atoms with Gasteiger partial charge in [0.05, 0.1) is 25.0 Å². The average Bonchev–Trinajstić information content (AvgIpc) is 3.57. The predicted molar refractivity (Wildman–Crippen MR) is 259 cm³/mol. The second-order valence-corrected chi connectivity index (χ2v) is 18.6. The molecule has 1 N–H and O–H groups in total. The third kappa shape index (κ3) is 12.9. The van der Waals surface area contributed by atoms with Gasteiger partial charge >= 0.3 is 11.9 Å². The zero-order valence-corrected chi connectivity index (χ0v) is 40.5. The first-order chi connectivity index (χ1) is 30.7. The highest BCUT2D eigenvalue weighted by molar-refractivity contribution is 6.40. The van der Waals surface area contributed by atoms with Crippen LogP contribution < -0.4 is 14.8 Å². The summed E-state index contributed by atoms with van der Waals surface area (Å²) in [7, 11) is 2.71. The van der Waals surface area contributed by atoms with Gasteiger partial charge in [-0.25, -0.2) is 0 Å². The van der Waals surface area contributed by atoms with E-state index in [1.165, 1.54) is 72.6 Å². The van der Waals surface area contributed by atoms with Crippen molar-refractivity contribution in [2.45, 2.75) is 66.6 Å². The number of nitrogens with zero attached hydrogens (tertiary/aromatic N) is 1. The molecule has 8 rings (SSSR count). The highest BCUT2D eigenvalue weighted by Crippen LogP contribution is 2.43. The molecule has 0 aliphatic carbocycles. The molecule has 0 spiro atoms. The molecule has 13 heteroatoms. The van der Waals surface area contributed by atoms with Crippen molar-refractivity contribution in [3.05, 3.63) is 140 Å². The minimum Gasteiger partial charge on any atom is -0.488 e. The van der Waals surface area contributed by atoms with Crippen molar-refractivity contribution in [3.63, 3.8) is 0 Å². The standard InChI is InChI=1S/C25H28ClNO3.C19H18ClNO.C6H10O3.CH2Cl2/c1-25(2,24(28)29-3)16-27-12-10-17(11-13-27)23-20-9-8-19(26)14-18(20)15-30-22-7-5-4-6-21(22)23;20-15-5-6-16-14(11-15)12-22-18-4-2-1-3-17(18)19(16)13-7-9-21-10-8-13;1-6(2,4-7)5(8)9-3;2-1-3/h4-9,14H,10-13,15-16H2,1-3H3;1-6,11,21H,7-10,12H2;4H,1-3H3;1H2. The molecule has 4 aliphatic rings. The summed E-state index contributed by atoms with van der Waals surface area (Å²) in [6, 6.07) is 28.9. The fraction of sp³-hybridized carbons (Fsp3) is 0.392. The van der Waals surface area contributed by atoms with Gasteiger partial charge in [-0.1, -0.05) is 82.9 Å². The predicted octanol–water partition coefficient (Wildman–Crippen LogP) is 11.6. The maximum absolute atomic E-state index is 12.1. The Bertz CT molecular complexity index is 2320. The summed E-state index contributed by atoms with van der Waals surface area (Å²) < 4.78 is 21.5. The Morgan fingerprint density at radius 3 is 1.53 bits per heavy atom. The van der Waals surface area contributed by atoms with Crippen LogP contribution in [0.3, 0.4) is 0 Å². The van der Waals surface area contributed by atoms with E-state index >= 15 is 0 Å². The lowest BCUT2D eigenvalue weighted by Crippen LogP contribution is -2.42. The molecule has 4 aliphatic heterocycles. The Kier molecular flexibility index (Phi) is 18.8. The van der Waals surface area contributed by atoms with Crippen molar-refractivity contribution in [2.24, 2.45) is 10.8 Å². The largest absolute Gasteiger partial charge is 0.488 e. The van der Waals surface area contributed by atoms with Crippen LogP contribution in [-0.4, -0.2) is 75.4 Å². The van der Waals surface area contributed by atoms with Crippen LogP contribution in [0.2, 0.25) is 10.0 Å². The first-order valence-corrected chi connectivity index (χ1v) is 23.1. The van der Waals surface area contributed by atoms with E-state index in [0.29, 0.717) is 26.0 Å². The molecule has 4 aromatic rings. The van der Waals surface area contributed by atoms with Gasteiger partial charge in [0.2, 0.25) is 0 Å². The number of para-hydroxylation sites is 2. The first-order valence-electron chi connectivity index (χ1n) is 21.3. The number of likely N-dealkylation sites (tertiary alicyclic amines) is 1. The summed E-state index contributed by atoms with van der Waals surface area (Å²) in [4.78, 5) is 35.2. The number of alkyl halides is 2. The van der Waals surface area contributed by atoms with Crippen LogP contribution in [0, 0.1) is 10.8 Å². The molecule has 4 aromatic carbocycles. The van der Waals surface area contributed by atoms with E-state index in [1.54, 1.807) is 0 Å². The maximum atomic E-state index is 12.1. The molecule has 0 amide bonds. The van der Waals surface area contributed by atoms with Crippen molar-refractivity contribution in [2.75, 3.05) is 52.3 Å². The number of carbonyl (C=O) groups excluding carboxylic acids is 3. The molecule has 2 fully saturated rings. The number of carbonyl (C=O) groups is 3. The molecule has 0 unspecified atom stereocenters. The number of aldehydes is 1. The van der Waals surface area contributed by atoms with E-state index in [0.717, 1.165) is 84.5 Å². The van der Waals surface area contributed by atoms with E-state index in [9.17, 15) is 14.4 Å². The molecule has 0 radical (unpaired) electrons. The number of piperidine rings is 2. The zero-order valence-electron chi connectivity index (χ0n) is 37.5. The van der Waals surface area contributed by atoms with Crippen molar-refractivity contribution in [1.82, 2.24) is 10.2 Å². The van der Waals surface area contributed by atoms with Gasteiger partial charge in [0.15, 0.2) is 0 Å². The van der Waals surface area contributed by atoms with E-state index in [4.69, 9.17) is 60.6 Å². The molecule has 0 saturated carbocycles. The molecule has 9 nitrogen and oxygen atoms in total. The van der Waals surface area contributed by atoms with E-state index < -0.39 is 16.8 Å². The summed E-state index contributed by atoms with van der Waals surface area (Å²) >= 11 is 22.0. The maximum Gasteiger partial charge on any atom is 0.318 e. The van der Waals surface area contributed by atoms with Crippen LogP contribution in [0.15, 0.2) is 96.1 Å². The zero-order chi connectivity index (χ0) is 46.4. The van der Waals surface area contributed by atoms with Crippen LogP contribution in [0.4, 0.5) is 0 Å². The highest BCUT2D eigenvalue weighted by atomic mass is 35.5. The second kappa shape index (κ2) is 23.7. The van der Waals surface area contributed by atoms with Crippen LogP contribution in [0.5, 0.6) is 11.5 Å². The van der Waals surface area contributed by atoms with Gasteiger partial charge in [0, 0.05) is 40.8 Å². The molecule has 0 atom stereocenters. The van der Waals surface area contributed by atoms with E-state index in [-0.39, 0.29) is 11.3 Å². The Labute approximate surface area is 398 Å². The SMILES string of the molecule is COC(=O)C(C)(C)C=O.COC(=O)C(C)(C)CN1CCC(=C2c3ccc(Cl)cc3COc3ccccc32)CC1.ClCCl.Clc1ccc2c(c1)COc1ccccc1C2=C1CCNCC1. The number of methoxy groups -OCH3 is 2. The first kappa shape index (κ1) is 50.6. The van der Waals surface area contributed by atoms with Gasteiger partial charge in [-0.05, 0) is 136 Å². The van der Waals surface area contributed by atoms with Crippen LogP contribution in [-0.2, 0) is 37.1 Å². The van der Waals surface area contributed by atoms with E-state index in [1.807, 2.05) is 56.3 Å². The number of hydrogen-bond acceptors (Lipinski definition) is 9. The molecule has 4 heterocycles. The lowest BCUT2D eigenvalue weighted by atomic mass is 9.85. The summed E-state index contributed by atoms with van der Waals surface area (Å²) in [6.45, 7) is 12.6. The molecule has 64 heavy (non-hydrogen) atoms. The smallest absolute Gasteiger partial charge is 0.318 e. The number of fused-ring (bicyclic) bond motifs is 4. The summed E-state index contributed by atoms with van der Waals surface area (Å²) in [5.41, 5.74) is 11.2. The van der Waals surface area contributed by atoms with Crippen LogP contribution in [0.1, 0.15) is 86.8 Å². The number of halogens is 4. The monoisotopic (exact) mass is 950 g/mol. The van der Waals surface area contributed by atoms with Gasteiger partial charge < -0.3 is 34.0 Å². The summed E-state index contributed by atoms with van der Waals surface area (Å²) in [5.74, 6) is 1.22. The molecule has 2 saturated heterocycles. The van der Waals surface area contributed by atoms with Crippen molar-refractivity contribution in [1.29, 1.82) is 0 Å². The molecule has 342 valence electrons. The van der Waals surface area contributed by atoms with Gasteiger partial charge in [-0.3, -0.25) is 9.59 Å². The normalized spacial score (nSPS) is 15.7. The Morgan fingerprint density at radius 2 is 1.11 bits per heavy atom. The minimum absolute atomic E-state index is 0.160. The average molecular weight is 953 g/mol.